The summed E-state index contributed by atoms with van der Waals surface area (Å²) in [5, 5.41) is 10.5. The summed E-state index contributed by atoms with van der Waals surface area (Å²) in [6, 6.07) is 2.02. The minimum atomic E-state index is -0.0347. The van der Waals surface area contributed by atoms with E-state index in [1.165, 1.54) is 0 Å². The number of hydrogen-bond acceptors (Lipinski definition) is 3. The zero-order valence-corrected chi connectivity index (χ0v) is 10.7. The maximum atomic E-state index is 12.1. The van der Waals surface area contributed by atoms with Crippen LogP contribution in [0.3, 0.4) is 0 Å². The lowest BCUT2D eigenvalue weighted by atomic mass is 10.0. The molecule has 0 aromatic carbocycles. The first-order valence-corrected chi connectivity index (χ1v) is 6.10. The highest BCUT2D eigenvalue weighted by Crippen LogP contribution is 2.13. The summed E-state index contributed by atoms with van der Waals surface area (Å²) >= 11 is 0. The number of carbonyl (C=O) groups is 1. The molecule has 1 fully saturated rings. The van der Waals surface area contributed by atoms with Crippen LogP contribution in [0, 0.1) is 12.8 Å². The smallest absolute Gasteiger partial charge is 0.269 e. The Morgan fingerprint density at radius 3 is 3.00 bits per heavy atom. The van der Waals surface area contributed by atoms with Crippen molar-refractivity contribution in [3.8, 4) is 0 Å². The zero-order valence-electron chi connectivity index (χ0n) is 10.7. The van der Waals surface area contributed by atoms with Crippen molar-refractivity contribution in [1.82, 2.24) is 20.4 Å². The lowest BCUT2D eigenvalue weighted by molar-refractivity contribution is 0.0919. The highest BCUT2D eigenvalue weighted by Gasteiger charge is 2.23. The van der Waals surface area contributed by atoms with Crippen LogP contribution in [0.4, 0.5) is 0 Å². The Bertz CT molecular complexity index is 407. The third kappa shape index (κ3) is 2.66. The number of hydrogen-bond donors (Lipinski definition) is 2. The molecule has 2 atom stereocenters. The van der Waals surface area contributed by atoms with Crippen LogP contribution in [-0.4, -0.2) is 34.8 Å². The van der Waals surface area contributed by atoms with Gasteiger partial charge in [-0.1, -0.05) is 0 Å². The summed E-state index contributed by atoms with van der Waals surface area (Å²) in [5.74, 6) is 0.501. The van der Waals surface area contributed by atoms with Crippen molar-refractivity contribution in [2.45, 2.75) is 26.3 Å². The fourth-order valence-corrected chi connectivity index (χ4v) is 2.33. The van der Waals surface area contributed by atoms with Gasteiger partial charge in [0, 0.05) is 13.1 Å². The first kappa shape index (κ1) is 12.1. The van der Waals surface area contributed by atoms with E-state index < -0.39 is 0 Å². The second kappa shape index (κ2) is 4.87. The van der Waals surface area contributed by atoms with Crippen LogP contribution in [0.2, 0.25) is 0 Å². The van der Waals surface area contributed by atoms with Crippen molar-refractivity contribution in [3.05, 3.63) is 17.5 Å². The number of nitrogens with one attached hydrogen (secondary N) is 2. The Labute approximate surface area is 102 Å². The molecule has 1 aromatic rings. The molecule has 1 amide bonds. The van der Waals surface area contributed by atoms with Gasteiger partial charge < -0.3 is 10.6 Å². The van der Waals surface area contributed by atoms with Gasteiger partial charge in [0.15, 0.2) is 0 Å². The van der Waals surface area contributed by atoms with Crippen LogP contribution in [0.1, 0.15) is 29.5 Å². The highest BCUT2D eigenvalue weighted by atomic mass is 16.2. The van der Waals surface area contributed by atoms with E-state index in [2.05, 4.69) is 22.7 Å². The molecule has 5 nitrogen and oxygen atoms in total. The van der Waals surface area contributed by atoms with E-state index in [9.17, 15) is 4.79 Å². The fourth-order valence-electron chi connectivity index (χ4n) is 2.33. The highest BCUT2D eigenvalue weighted by molar-refractivity contribution is 5.92. The molecule has 0 bridgehead atoms. The molecule has 17 heavy (non-hydrogen) atoms. The summed E-state index contributed by atoms with van der Waals surface area (Å²) in [5.41, 5.74) is 1.49. The van der Waals surface area contributed by atoms with Gasteiger partial charge in [-0.25, -0.2) is 0 Å². The minimum absolute atomic E-state index is 0.0347. The molecule has 94 valence electrons. The van der Waals surface area contributed by atoms with Gasteiger partial charge in [0.25, 0.3) is 5.91 Å². The van der Waals surface area contributed by atoms with E-state index in [1.807, 2.05) is 13.0 Å². The summed E-state index contributed by atoms with van der Waals surface area (Å²) in [6.45, 7) is 6.00. The zero-order chi connectivity index (χ0) is 12.4. The molecular formula is C12H20N4O. The molecule has 1 aromatic heterocycles. The van der Waals surface area contributed by atoms with Crippen LogP contribution in [-0.2, 0) is 7.05 Å². The van der Waals surface area contributed by atoms with Crippen LogP contribution >= 0.6 is 0 Å². The molecule has 0 saturated carbocycles. The van der Waals surface area contributed by atoms with Gasteiger partial charge in [-0.15, -0.1) is 0 Å². The van der Waals surface area contributed by atoms with E-state index in [0.717, 1.165) is 25.2 Å². The lowest BCUT2D eigenvalue weighted by Crippen LogP contribution is -2.39. The molecule has 0 radical (unpaired) electrons. The Morgan fingerprint density at radius 1 is 1.71 bits per heavy atom. The monoisotopic (exact) mass is 236 g/mol. The van der Waals surface area contributed by atoms with Gasteiger partial charge >= 0.3 is 0 Å². The second-order valence-corrected chi connectivity index (χ2v) is 4.81. The summed E-state index contributed by atoms with van der Waals surface area (Å²) in [6.07, 6.45) is 1.13. The topological polar surface area (TPSA) is 59.0 Å². The van der Waals surface area contributed by atoms with Crippen molar-refractivity contribution in [2.75, 3.05) is 13.1 Å². The van der Waals surface area contributed by atoms with E-state index in [4.69, 9.17) is 0 Å². The lowest BCUT2D eigenvalue weighted by Gasteiger charge is -2.19. The average Bonchev–Trinajstić information content (AvgIpc) is 2.87. The van der Waals surface area contributed by atoms with Crippen molar-refractivity contribution < 1.29 is 4.79 Å². The molecule has 2 N–H and O–H groups in total. The third-order valence-corrected chi connectivity index (χ3v) is 3.40. The predicted octanol–water partition coefficient (Wildman–Crippen LogP) is 0.456. The average molecular weight is 236 g/mol. The van der Waals surface area contributed by atoms with E-state index in [1.54, 1.807) is 11.7 Å². The number of nitrogens with zero attached hydrogens (tertiary/aromatic N) is 2. The SMILES string of the molecule is Cc1cc(C(=O)NC(C)C2CCNC2)n(C)n1. The van der Waals surface area contributed by atoms with Crippen molar-refractivity contribution in [2.24, 2.45) is 13.0 Å². The first-order valence-electron chi connectivity index (χ1n) is 6.10. The quantitative estimate of drug-likeness (QED) is 0.801. The maximum Gasteiger partial charge on any atom is 0.269 e. The van der Waals surface area contributed by atoms with E-state index >= 15 is 0 Å². The third-order valence-electron chi connectivity index (χ3n) is 3.40. The van der Waals surface area contributed by atoms with Crippen molar-refractivity contribution in [3.63, 3.8) is 0 Å². The molecule has 1 aliphatic heterocycles. The van der Waals surface area contributed by atoms with Gasteiger partial charge in [0.1, 0.15) is 5.69 Å². The number of aromatic nitrogens is 2. The van der Waals surface area contributed by atoms with Crippen LogP contribution in [0.25, 0.3) is 0 Å². The van der Waals surface area contributed by atoms with Crippen molar-refractivity contribution >= 4 is 5.91 Å². The normalized spacial score (nSPS) is 21.5. The number of aryl methyl sites for hydroxylation is 2. The Hall–Kier alpha value is -1.36. The standard InChI is InChI=1S/C12H20N4O/c1-8-6-11(16(3)15-8)12(17)14-9(2)10-4-5-13-7-10/h6,9-10,13H,4-5,7H2,1-3H3,(H,14,17). The molecule has 1 saturated heterocycles. The number of carbonyl (C=O) groups excluding carboxylic acids is 1. The summed E-state index contributed by atoms with van der Waals surface area (Å²) < 4.78 is 1.63. The maximum absolute atomic E-state index is 12.1. The molecule has 2 heterocycles. The fraction of sp³-hybridized carbons (Fsp3) is 0.667. The second-order valence-electron chi connectivity index (χ2n) is 4.81. The van der Waals surface area contributed by atoms with Gasteiger partial charge in [0.2, 0.25) is 0 Å². The predicted molar refractivity (Wildman–Crippen MR) is 65.8 cm³/mol. The number of amides is 1. The first-order chi connectivity index (χ1) is 8.08. The van der Waals surface area contributed by atoms with Crippen molar-refractivity contribution in [1.29, 1.82) is 0 Å². The Balaban J connectivity index is 1.98. The van der Waals surface area contributed by atoms with Gasteiger partial charge in [-0.05, 0) is 45.3 Å². The largest absolute Gasteiger partial charge is 0.348 e. The molecule has 2 rings (SSSR count). The molecule has 1 aliphatic rings. The molecule has 2 unspecified atom stereocenters. The Kier molecular flexibility index (Phi) is 3.47. The van der Waals surface area contributed by atoms with Gasteiger partial charge in [-0.3, -0.25) is 9.48 Å². The van der Waals surface area contributed by atoms with Gasteiger partial charge in [-0.2, -0.15) is 5.10 Å². The van der Waals surface area contributed by atoms with E-state index in [0.29, 0.717) is 11.6 Å². The minimum Gasteiger partial charge on any atom is -0.348 e. The number of rotatable bonds is 3. The van der Waals surface area contributed by atoms with Crippen LogP contribution in [0.5, 0.6) is 0 Å². The molecule has 5 heteroatoms. The van der Waals surface area contributed by atoms with Crippen LogP contribution < -0.4 is 10.6 Å². The van der Waals surface area contributed by atoms with Crippen LogP contribution in [0.15, 0.2) is 6.07 Å². The summed E-state index contributed by atoms with van der Waals surface area (Å²) in [4.78, 5) is 12.1. The summed E-state index contributed by atoms with van der Waals surface area (Å²) in [7, 11) is 1.80. The Morgan fingerprint density at radius 2 is 2.47 bits per heavy atom. The molecular weight excluding hydrogens is 216 g/mol. The van der Waals surface area contributed by atoms with Gasteiger partial charge in [0.05, 0.1) is 5.69 Å². The molecule has 0 aliphatic carbocycles. The molecule has 0 spiro atoms. The van der Waals surface area contributed by atoms with E-state index in [-0.39, 0.29) is 11.9 Å².